The zero-order valence-corrected chi connectivity index (χ0v) is 14.5. The fourth-order valence-electron chi connectivity index (χ4n) is 2.61. The number of benzene rings is 2. The van der Waals surface area contributed by atoms with Crippen molar-refractivity contribution >= 4 is 17.4 Å². The summed E-state index contributed by atoms with van der Waals surface area (Å²) < 4.78 is 0. The van der Waals surface area contributed by atoms with Gasteiger partial charge < -0.3 is 10.6 Å². The van der Waals surface area contributed by atoms with Crippen LogP contribution in [0.3, 0.4) is 0 Å². The quantitative estimate of drug-likeness (QED) is 0.725. The third kappa shape index (κ3) is 4.10. The van der Waals surface area contributed by atoms with E-state index < -0.39 is 0 Å². The summed E-state index contributed by atoms with van der Waals surface area (Å²) in [5.41, 5.74) is 2.29. The Hall–Kier alpha value is -3.72. The lowest BCUT2D eigenvalue weighted by Crippen LogP contribution is -2.16. The van der Waals surface area contributed by atoms with Gasteiger partial charge in [-0.3, -0.25) is 4.79 Å². The Bertz CT molecular complexity index is 1000. The number of nitrogens with one attached hydrogen (secondary N) is 2. The summed E-state index contributed by atoms with van der Waals surface area (Å²) in [6.45, 7) is 0. The molecule has 1 aliphatic rings. The van der Waals surface area contributed by atoms with Gasteiger partial charge in [-0.15, -0.1) is 0 Å². The molecule has 0 atom stereocenters. The molecule has 1 fully saturated rings. The Morgan fingerprint density at radius 2 is 1.78 bits per heavy atom. The van der Waals surface area contributed by atoms with E-state index in [1.807, 2.05) is 30.3 Å². The first-order chi connectivity index (χ1) is 13.2. The lowest BCUT2D eigenvalue weighted by Gasteiger charge is -2.10. The van der Waals surface area contributed by atoms with Crippen LogP contribution < -0.4 is 10.6 Å². The van der Waals surface area contributed by atoms with Gasteiger partial charge in [0, 0.05) is 23.4 Å². The van der Waals surface area contributed by atoms with Gasteiger partial charge in [0.1, 0.15) is 11.5 Å². The Kier molecular flexibility index (Phi) is 4.50. The summed E-state index contributed by atoms with van der Waals surface area (Å²) in [6.07, 6.45) is 2.22. The fraction of sp³-hybridized carbons (Fsp3) is 0.143. The smallest absolute Gasteiger partial charge is 0.274 e. The van der Waals surface area contributed by atoms with Crippen LogP contribution >= 0.6 is 0 Å². The van der Waals surface area contributed by atoms with E-state index in [1.54, 1.807) is 30.3 Å². The average molecular weight is 355 g/mol. The van der Waals surface area contributed by atoms with Gasteiger partial charge in [-0.25, -0.2) is 9.97 Å². The molecule has 6 heteroatoms. The van der Waals surface area contributed by atoms with E-state index in [0.29, 0.717) is 28.9 Å². The molecular weight excluding hydrogens is 338 g/mol. The number of amides is 1. The van der Waals surface area contributed by atoms with Gasteiger partial charge in [0.2, 0.25) is 0 Å². The van der Waals surface area contributed by atoms with Crippen molar-refractivity contribution in [2.45, 2.75) is 18.9 Å². The second-order valence-corrected chi connectivity index (χ2v) is 6.39. The molecule has 27 heavy (non-hydrogen) atoms. The van der Waals surface area contributed by atoms with E-state index in [0.717, 1.165) is 18.4 Å². The van der Waals surface area contributed by atoms with Crippen LogP contribution in [0.1, 0.15) is 28.9 Å². The number of nitriles is 1. The van der Waals surface area contributed by atoms with Crippen LogP contribution in [0.25, 0.3) is 11.4 Å². The summed E-state index contributed by atoms with van der Waals surface area (Å²) in [5, 5.41) is 15.0. The van der Waals surface area contributed by atoms with E-state index in [4.69, 9.17) is 5.26 Å². The molecule has 1 aromatic heterocycles. The second-order valence-electron chi connectivity index (χ2n) is 6.39. The zero-order chi connectivity index (χ0) is 18.6. The van der Waals surface area contributed by atoms with Crippen LogP contribution in [0, 0.1) is 11.3 Å². The molecule has 0 saturated heterocycles. The molecule has 6 nitrogen and oxygen atoms in total. The Morgan fingerprint density at radius 3 is 2.44 bits per heavy atom. The molecule has 0 spiro atoms. The normalized spacial score (nSPS) is 12.9. The molecule has 1 aliphatic carbocycles. The van der Waals surface area contributed by atoms with Gasteiger partial charge in [-0.2, -0.15) is 5.26 Å². The number of aromatic nitrogens is 2. The molecule has 1 saturated carbocycles. The van der Waals surface area contributed by atoms with Gasteiger partial charge in [0.05, 0.1) is 11.6 Å². The lowest BCUT2D eigenvalue weighted by atomic mass is 10.2. The third-order valence-electron chi connectivity index (χ3n) is 4.19. The minimum absolute atomic E-state index is 0.288. The molecule has 0 aliphatic heterocycles. The summed E-state index contributed by atoms with van der Waals surface area (Å²) in [5.74, 6) is 0.834. The first-order valence-corrected chi connectivity index (χ1v) is 8.74. The Labute approximate surface area is 156 Å². The largest absolute Gasteiger partial charge is 0.367 e. The van der Waals surface area contributed by atoms with Crippen molar-refractivity contribution in [1.82, 2.24) is 9.97 Å². The topological polar surface area (TPSA) is 90.7 Å². The standard InChI is InChI=1S/C21H17N5O/c22-13-14-6-8-17(9-7-14)24-21(27)18-12-19(23-16-10-11-16)26-20(25-18)15-4-2-1-3-5-15/h1-9,12,16H,10-11H2,(H,24,27)(H,23,25,26). The highest BCUT2D eigenvalue weighted by Crippen LogP contribution is 2.25. The summed E-state index contributed by atoms with van der Waals surface area (Å²) in [6, 6.07) is 20.4. The van der Waals surface area contributed by atoms with Crippen molar-refractivity contribution < 1.29 is 4.79 Å². The van der Waals surface area contributed by atoms with Crippen molar-refractivity contribution in [3.8, 4) is 17.5 Å². The lowest BCUT2D eigenvalue weighted by molar-refractivity contribution is 0.102. The molecule has 0 unspecified atom stereocenters. The third-order valence-corrected chi connectivity index (χ3v) is 4.19. The molecule has 1 heterocycles. The maximum absolute atomic E-state index is 12.7. The minimum Gasteiger partial charge on any atom is -0.367 e. The van der Waals surface area contributed by atoms with E-state index in [-0.39, 0.29) is 11.6 Å². The predicted octanol–water partition coefficient (Wildman–Crippen LogP) is 3.84. The number of rotatable bonds is 5. The second kappa shape index (κ2) is 7.26. The monoisotopic (exact) mass is 355 g/mol. The van der Waals surface area contributed by atoms with Crippen molar-refractivity contribution in [3.05, 3.63) is 71.9 Å². The fourth-order valence-corrected chi connectivity index (χ4v) is 2.61. The van der Waals surface area contributed by atoms with Crippen molar-refractivity contribution in [2.75, 3.05) is 10.6 Å². The van der Waals surface area contributed by atoms with Gasteiger partial charge in [-0.1, -0.05) is 30.3 Å². The minimum atomic E-state index is -0.321. The molecule has 2 N–H and O–H groups in total. The van der Waals surface area contributed by atoms with Gasteiger partial charge in [0.25, 0.3) is 5.91 Å². The van der Waals surface area contributed by atoms with Crippen molar-refractivity contribution in [2.24, 2.45) is 0 Å². The summed E-state index contributed by atoms with van der Waals surface area (Å²) in [4.78, 5) is 21.7. The average Bonchev–Trinajstić information content (AvgIpc) is 3.53. The van der Waals surface area contributed by atoms with Gasteiger partial charge in [-0.05, 0) is 37.1 Å². The number of nitrogens with zero attached hydrogens (tertiary/aromatic N) is 3. The van der Waals surface area contributed by atoms with Crippen LogP contribution in [-0.2, 0) is 0 Å². The molecule has 2 aromatic carbocycles. The van der Waals surface area contributed by atoms with Gasteiger partial charge in [0.15, 0.2) is 5.82 Å². The van der Waals surface area contributed by atoms with Crippen LogP contribution in [-0.4, -0.2) is 21.9 Å². The number of hydrogen-bond acceptors (Lipinski definition) is 5. The highest BCUT2D eigenvalue weighted by Gasteiger charge is 2.22. The summed E-state index contributed by atoms with van der Waals surface area (Å²) >= 11 is 0. The van der Waals surface area contributed by atoms with Gasteiger partial charge >= 0.3 is 0 Å². The Balaban J connectivity index is 1.63. The SMILES string of the molecule is N#Cc1ccc(NC(=O)c2cc(NC3CC3)nc(-c3ccccc3)n2)cc1. The van der Waals surface area contributed by atoms with E-state index in [1.165, 1.54) is 0 Å². The van der Waals surface area contributed by atoms with Crippen LogP contribution in [0.15, 0.2) is 60.7 Å². The number of hydrogen-bond donors (Lipinski definition) is 2. The van der Waals surface area contributed by atoms with Crippen LogP contribution in [0.5, 0.6) is 0 Å². The first kappa shape index (κ1) is 16.7. The van der Waals surface area contributed by atoms with Crippen LogP contribution in [0.2, 0.25) is 0 Å². The molecular formula is C21H17N5O. The molecule has 3 aromatic rings. The maximum atomic E-state index is 12.7. The number of carbonyl (C=O) groups is 1. The highest BCUT2D eigenvalue weighted by atomic mass is 16.1. The first-order valence-electron chi connectivity index (χ1n) is 8.74. The molecule has 4 rings (SSSR count). The van der Waals surface area contributed by atoms with E-state index in [9.17, 15) is 4.79 Å². The molecule has 132 valence electrons. The summed E-state index contributed by atoms with van der Waals surface area (Å²) in [7, 11) is 0. The Morgan fingerprint density at radius 1 is 1.04 bits per heavy atom. The highest BCUT2D eigenvalue weighted by molar-refractivity contribution is 6.03. The van der Waals surface area contributed by atoms with E-state index in [2.05, 4.69) is 26.7 Å². The number of anilines is 2. The van der Waals surface area contributed by atoms with Crippen molar-refractivity contribution in [3.63, 3.8) is 0 Å². The molecule has 0 radical (unpaired) electrons. The maximum Gasteiger partial charge on any atom is 0.274 e. The van der Waals surface area contributed by atoms with E-state index >= 15 is 0 Å². The molecule has 1 amide bonds. The van der Waals surface area contributed by atoms with Crippen molar-refractivity contribution in [1.29, 1.82) is 5.26 Å². The van der Waals surface area contributed by atoms with Crippen LogP contribution in [0.4, 0.5) is 11.5 Å². The molecule has 0 bridgehead atoms. The number of carbonyl (C=O) groups excluding carboxylic acids is 1. The predicted molar refractivity (Wildman–Crippen MR) is 103 cm³/mol. The zero-order valence-electron chi connectivity index (χ0n) is 14.5.